The van der Waals surface area contributed by atoms with Crippen LogP contribution in [0.5, 0.6) is 0 Å². The molecule has 18 heavy (non-hydrogen) atoms. The van der Waals surface area contributed by atoms with E-state index in [0.29, 0.717) is 0 Å². The lowest BCUT2D eigenvalue weighted by atomic mass is 10.4. The van der Waals surface area contributed by atoms with Gasteiger partial charge < -0.3 is 4.74 Å². The molecule has 1 unspecified atom stereocenters. The number of carbonyl (C=O) groups excluding carboxylic acids is 1. The Hall–Kier alpha value is -0.800. The van der Waals surface area contributed by atoms with Crippen LogP contribution < -0.4 is 0 Å². The summed E-state index contributed by atoms with van der Waals surface area (Å²) in [6.45, 7) is 0.193. The van der Waals surface area contributed by atoms with E-state index in [1.165, 1.54) is 6.08 Å². The Morgan fingerprint density at radius 1 is 1.33 bits per heavy atom. The molecule has 8 nitrogen and oxygen atoms in total. The fourth-order valence-corrected chi connectivity index (χ4v) is 4.56. The maximum absolute atomic E-state index is 11.9. The summed E-state index contributed by atoms with van der Waals surface area (Å²) in [7, 11) is -7.16. The number of sulfone groups is 1. The minimum Gasteiger partial charge on any atom is -0.376 e. The van der Waals surface area contributed by atoms with E-state index in [1.54, 1.807) is 0 Å². The molecule has 0 saturated carbocycles. The largest absolute Gasteiger partial charge is 0.376 e. The molecular formula is C8H14N2O6S2. The fourth-order valence-electron chi connectivity index (χ4n) is 1.44. The number of hydrogen-bond donors (Lipinski definition) is 0. The van der Waals surface area contributed by atoms with Gasteiger partial charge in [0.25, 0.3) is 0 Å². The predicted octanol–water partition coefficient (Wildman–Crippen LogP) is -1.65. The van der Waals surface area contributed by atoms with Crippen LogP contribution in [0, 0.1) is 0 Å². The third-order valence-corrected chi connectivity index (χ3v) is 5.39. The maximum atomic E-state index is 11.9. The summed E-state index contributed by atoms with van der Waals surface area (Å²) >= 11 is 0. The number of ether oxygens (including phenoxy) is 1. The molecule has 104 valence electrons. The Balaban J connectivity index is 2.84. The third kappa shape index (κ3) is 4.46. The van der Waals surface area contributed by atoms with E-state index in [1.807, 2.05) is 0 Å². The molecule has 0 aliphatic carbocycles. The highest BCUT2D eigenvalue weighted by molar-refractivity contribution is 7.93. The van der Waals surface area contributed by atoms with Gasteiger partial charge in [0.15, 0.2) is 6.17 Å². The zero-order chi connectivity index (χ0) is 13.8. The molecule has 0 spiro atoms. The van der Waals surface area contributed by atoms with E-state index in [4.69, 9.17) is 4.74 Å². The summed E-state index contributed by atoms with van der Waals surface area (Å²) in [5.74, 6) is -0.999. The van der Waals surface area contributed by atoms with Crippen LogP contribution in [0.2, 0.25) is 0 Å². The normalized spacial score (nSPS) is 22.4. The first-order valence-corrected chi connectivity index (χ1v) is 8.75. The lowest BCUT2D eigenvalue weighted by Gasteiger charge is -2.30. The lowest BCUT2D eigenvalue weighted by Crippen LogP contribution is -2.49. The number of sulfonamides is 1. The quantitative estimate of drug-likeness (QED) is 0.444. The first kappa shape index (κ1) is 15.3. The van der Waals surface area contributed by atoms with Gasteiger partial charge in [0.2, 0.25) is 16.1 Å². The molecule has 0 radical (unpaired) electrons. The van der Waals surface area contributed by atoms with Gasteiger partial charge in [0, 0.05) is 12.8 Å². The molecular weight excluding hydrogens is 284 g/mol. The van der Waals surface area contributed by atoms with Gasteiger partial charge in [-0.2, -0.15) is 9.30 Å². The van der Waals surface area contributed by atoms with Crippen molar-refractivity contribution in [3.63, 3.8) is 0 Å². The van der Waals surface area contributed by atoms with E-state index < -0.39 is 37.5 Å². The smallest absolute Gasteiger partial charge is 0.236 e. The second-order valence-corrected chi connectivity index (χ2v) is 8.13. The molecule has 0 bridgehead atoms. The lowest BCUT2D eigenvalue weighted by molar-refractivity contribution is 0.0360. The second kappa shape index (κ2) is 5.89. The Labute approximate surface area is 106 Å². The highest BCUT2D eigenvalue weighted by atomic mass is 32.2. The number of hydrogen-bond acceptors (Lipinski definition) is 7. The molecule has 0 aromatic carbocycles. The van der Waals surface area contributed by atoms with Crippen molar-refractivity contribution in [3.05, 3.63) is 0 Å². The van der Waals surface area contributed by atoms with Crippen molar-refractivity contribution < 1.29 is 26.4 Å². The van der Waals surface area contributed by atoms with E-state index in [-0.39, 0.29) is 19.8 Å². The standard InChI is InChI=1S/C8H14N2O6S2/c1-17(12,13)4-5-18(14,15)10-2-3-16-6-8(10)9-7-11/h8H,2-6H2,1H3. The molecule has 0 aromatic rings. The van der Waals surface area contributed by atoms with Crippen molar-refractivity contribution in [2.45, 2.75) is 6.17 Å². The molecule has 10 heteroatoms. The van der Waals surface area contributed by atoms with E-state index in [9.17, 15) is 21.6 Å². The van der Waals surface area contributed by atoms with E-state index in [0.717, 1.165) is 10.6 Å². The van der Waals surface area contributed by atoms with Gasteiger partial charge in [-0.05, 0) is 0 Å². The van der Waals surface area contributed by atoms with Crippen LogP contribution in [0.1, 0.15) is 0 Å². The van der Waals surface area contributed by atoms with Crippen LogP contribution >= 0.6 is 0 Å². The SMILES string of the molecule is CS(=O)(=O)CCS(=O)(=O)N1CCOCC1N=C=O. The zero-order valence-electron chi connectivity index (χ0n) is 9.77. The molecule has 0 N–H and O–H groups in total. The van der Waals surface area contributed by atoms with Gasteiger partial charge in [0.1, 0.15) is 9.84 Å². The Morgan fingerprint density at radius 3 is 2.56 bits per heavy atom. The maximum Gasteiger partial charge on any atom is 0.236 e. The number of morpholine rings is 1. The number of rotatable bonds is 5. The van der Waals surface area contributed by atoms with Gasteiger partial charge in [-0.1, -0.05) is 0 Å². The molecule has 1 saturated heterocycles. The van der Waals surface area contributed by atoms with Crippen molar-refractivity contribution in [1.82, 2.24) is 4.31 Å². The topological polar surface area (TPSA) is 110 Å². The van der Waals surface area contributed by atoms with Crippen LogP contribution in [0.3, 0.4) is 0 Å². The zero-order valence-corrected chi connectivity index (χ0v) is 11.4. The number of aliphatic imine (C=N–C) groups is 1. The average molecular weight is 298 g/mol. The molecule has 1 fully saturated rings. The summed E-state index contributed by atoms with van der Waals surface area (Å²) in [6.07, 6.45) is 1.29. The Kier molecular flexibility index (Phi) is 5.00. The van der Waals surface area contributed by atoms with Gasteiger partial charge in [-0.3, -0.25) is 0 Å². The number of nitrogens with zero attached hydrogens (tertiary/aromatic N) is 2. The molecule has 1 heterocycles. The molecule has 1 atom stereocenters. The first-order chi connectivity index (χ1) is 8.26. The van der Waals surface area contributed by atoms with Crippen LogP contribution in [0.25, 0.3) is 0 Å². The van der Waals surface area contributed by atoms with Crippen LogP contribution in [-0.2, 0) is 29.4 Å². The van der Waals surface area contributed by atoms with Crippen molar-refractivity contribution in [1.29, 1.82) is 0 Å². The van der Waals surface area contributed by atoms with Gasteiger partial charge >= 0.3 is 0 Å². The highest BCUT2D eigenvalue weighted by Gasteiger charge is 2.33. The summed E-state index contributed by atoms with van der Waals surface area (Å²) < 4.78 is 51.8. The monoisotopic (exact) mass is 298 g/mol. The number of isocyanates is 1. The Bertz CT molecular complexity index is 534. The van der Waals surface area contributed by atoms with Crippen molar-refractivity contribution in [3.8, 4) is 0 Å². The highest BCUT2D eigenvalue weighted by Crippen LogP contribution is 2.14. The summed E-state index contributed by atoms with van der Waals surface area (Å²) in [5.41, 5.74) is 0. The van der Waals surface area contributed by atoms with Crippen LogP contribution in [-0.4, -0.2) is 70.9 Å². The molecule has 1 rings (SSSR count). The van der Waals surface area contributed by atoms with E-state index >= 15 is 0 Å². The fraction of sp³-hybridized carbons (Fsp3) is 0.875. The summed E-state index contributed by atoms with van der Waals surface area (Å²) in [6, 6.07) is 0. The Morgan fingerprint density at radius 2 is 2.00 bits per heavy atom. The summed E-state index contributed by atoms with van der Waals surface area (Å²) in [5, 5.41) is 0. The van der Waals surface area contributed by atoms with Crippen molar-refractivity contribution >= 4 is 25.9 Å². The first-order valence-electron chi connectivity index (χ1n) is 5.08. The van der Waals surface area contributed by atoms with Gasteiger partial charge in [-0.15, -0.1) is 0 Å². The van der Waals surface area contributed by atoms with Gasteiger partial charge in [0.05, 0.1) is 24.7 Å². The molecule has 0 amide bonds. The van der Waals surface area contributed by atoms with Crippen molar-refractivity contribution in [2.75, 3.05) is 37.5 Å². The predicted molar refractivity (Wildman–Crippen MR) is 62.9 cm³/mol. The van der Waals surface area contributed by atoms with E-state index in [2.05, 4.69) is 4.99 Å². The van der Waals surface area contributed by atoms with Crippen LogP contribution in [0.4, 0.5) is 0 Å². The van der Waals surface area contributed by atoms with Gasteiger partial charge in [-0.25, -0.2) is 21.6 Å². The minimum absolute atomic E-state index is 0.0344. The second-order valence-electron chi connectivity index (χ2n) is 3.83. The molecule has 1 aliphatic heterocycles. The van der Waals surface area contributed by atoms with Crippen LogP contribution in [0.15, 0.2) is 4.99 Å². The molecule has 0 aromatic heterocycles. The minimum atomic E-state index is -3.79. The van der Waals surface area contributed by atoms with Crippen molar-refractivity contribution in [2.24, 2.45) is 4.99 Å². The summed E-state index contributed by atoms with van der Waals surface area (Å²) in [4.78, 5) is 13.5. The third-order valence-electron chi connectivity index (χ3n) is 2.33. The average Bonchev–Trinajstić information content (AvgIpc) is 2.27. The molecule has 1 aliphatic rings.